The SMILES string of the molecule is S=C(Nc1cccnc1)N1CCCc2ccccc21. The van der Waals surface area contributed by atoms with Gasteiger partial charge in [0.25, 0.3) is 0 Å². The summed E-state index contributed by atoms with van der Waals surface area (Å²) < 4.78 is 0. The van der Waals surface area contributed by atoms with Gasteiger partial charge >= 0.3 is 0 Å². The molecule has 4 heteroatoms. The molecule has 0 spiro atoms. The summed E-state index contributed by atoms with van der Waals surface area (Å²) in [5.41, 5.74) is 3.51. The van der Waals surface area contributed by atoms with Crippen LogP contribution in [0.15, 0.2) is 48.8 Å². The smallest absolute Gasteiger partial charge is 0.177 e. The average molecular weight is 269 g/mol. The lowest BCUT2D eigenvalue weighted by molar-refractivity contribution is 0.780. The third-order valence-electron chi connectivity index (χ3n) is 3.27. The fourth-order valence-electron chi connectivity index (χ4n) is 2.37. The number of aryl methyl sites for hydroxylation is 1. The molecule has 19 heavy (non-hydrogen) atoms. The van der Waals surface area contributed by atoms with Crippen LogP contribution < -0.4 is 10.2 Å². The van der Waals surface area contributed by atoms with Gasteiger partial charge in [0.2, 0.25) is 0 Å². The molecule has 96 valence electrons. The number of hydrogen-bond acceptors (Lipinski definition) is 2. The Morgan fingerprint density at radius 2 is 2.11 bits per heavy atom. The third-order valence-corrected chi connectivity index (χ3v) is 3.59. The second kappa shape index (κ2) is 5.36. The summed E-state index contributed by atoms with van der Waals surface area (Å²) in [6, 6.07) is 12.3. The van der Waals surface area contributed by atoms with E-state index in [2.05, 4.69) is 39.5 Å². The Labute approximate surface area is 118 Å². The van der Waals surface area contributed by atoms with E-state index in [1.54, 1.807) is 12.4 Å². The summed E-state index contributed by atoms with van der Waals surface area (Å²) in [4.78, 5) is 6.25. The van der Waals surface area contributed by atoms with Crippen LogP contribution >= 0.6 is 12.2 Å². The minimum absolute atomic E-state index is 0.736. The van der Waals surface area contributed by atoms with Gasteiger partial charge in [-0.05, 0) is 48.8 Å². The zero-order valence-corrected chi connectivity index (χ0v) is 11.4. The Hall–Kier alpha value is -1.94. The molecular formula is C15H15N3S. The Kier molecular flexibility index (Phi) is 3.42. The molecule has 0 amide bonds. The predicted molar refractivity (Wildman–Crippen MR) is 82.6 cm³/mol. The minimum atomic E-state index is 0.736. The molecule has 1 aromatic carbocycles. The van der Waals surface area contributed by atoms with E-state index < -0.39 is 0 Å². The highest BCUT2D eigenvalue weighted by Crippen LogP contribution is 2.27. The molecule has 0 fully saturated rings. The molecule has 2 heterocycles. The fraction of sp³-hybridized carbons (Fsp3) is 0.200. The number of fused-ring (bicyclic) bond motifs is 1. The fourth-order valence-corrected chi connectivity index (χ4v) is 2.68. The van der Waals surface area contributed by atoms with Crippen LogP contribution in [0.5, 0.6) is 0 Å². The number of nitrogens with one attached hydrogen (secondary N) is 1. The summed E-state index contributed by atoms with van der Waals surface area (Å²) >= 11 is 5.52. The standard InChI is InChI=1S/C15H15N3S/c19-15(17-13-7-3-9-16-11-13)18-10-4-6-12-5-1-2-8-14(12)18/h1-3,5,7-9,11H,4,6,10H2,(H,17,19). The maximum absolute atomic E-state index is 5.52. The van der Waals surface area contributed by atoms with Crippen LogP contribution in [0.2, 0.25) is 0 Å². The third kappa shape index (κ3) is 2.58. The van der Waals surface area contributed by atoms with Crippen molar-refractivity contribution in [3.8, 4) is 0 Å². The lowest BCUT2D eigenvalue weighted by atomic mass is 10.0. The van der Waals surface area contributed by atoms with Crippen molar-refractivity contribution in [2.45, 2.75) is 12.8 Å². The van der Waals surface area contributed by atoms with Crippen LogP contribution in [-0.2, 0) is 6.42 Å². The molecule has 0 aliphatic carbocycles. The van der Waals surface area contributed by atoms with Crippen LogP contribution in [0.25, 0.3) is 0 Å². The van der Waals surface area contributed by atoms with E-state index >= 15 is 0 Å². The molecule has 2 aromatic rings. The maximum Gasteiger partial charge on any atom is 0.177 e. The highest BCUT2D eigenvalue weighted by atomic mass is 32.1. The minimum Gasteiger partial charge on any atom is -0.331 e. The highest BCUT2D eigenvalue weighted by Gasteiger charge is 2.19. The average Bonchev–Trinajstić information content (AvgIpc) is 2.47. The number of thiocarbonyl (C=S) groups is 1. The molecule has 1 aliphatic rings. The molecule has 3 nitrogen and oxygen atoms in total. The first-order valence-electron chi connectivity index (χ1n) is 6.41. The molecule has 1 N–H and O–H groups in total. The van der Waals surface area contributed by atoms with Gasteiger partial charge in [0.1, 0.15) is 0 Å². The molecule has 1 aromatic heterocycles. The molecule has 0 bridgehead atoms. The van der Waals surface area contributed by atoms with Crippen molar-refractivity contribution in [1.29, 1.82) is 0 Å². The van der Waals surface area contributed by atoms with Gasteiger partial charge in [0, 0.05) is 18.4 Å². The monoisotopic (exact) mass is 269 g/mol. The first kappa shape index (κ1) is 12.1. The normalized spacial score (nSPS) is 13.8. The van der Waals surface area contributed by atoms with Gasteiger partial charge < -0.3 is 10.2 Å². The number of benzene rings is 1. The van der Waals surface area contributed by atoms with Crippen molar-refractivity contribution >= 4 is 28.7 Å². The van der Waals surface area contributed by atoms with Crippen LogP contribution in [0.1, 0.15) is 12.0 Å². The molecule has 1 aliphatic heterocycles. The van der Waals surface area contributed by atoms with Gasteiger partial charge in [-0.1, -0.05) is 18.2 Å². The van der Waals surface area contributed by atoms with E-state index in [4.69, 9.17) is 12.2 Å². The zero-order valence-electron chi connectivity index (χ0n) is 10.5. The quantitative estimate of drug-likeness (QED) is 0.805. The van der Waals surface area contributed by atoms with Gasteiger partial charge in [-0.25, -0.2) is 0 Å². The second-order valence-corrected chi connectivity index (χ2v) is 4.94. The van der Waals surface area contributed by atoms with Crippen LogP contribution in [0, 0.1) is 0 Å². The number of aromatic nitrogens is 1. The van der Waals surface area contributed by atoms with Crippen molar-refractivity contribution in [2.75, 3.05) is 16.8 Å². The van der Waals surface area contributed by atoms with E-state index in [-0.39, 0.29) is 0 Å². The van der Waals surface area contributed by atoms with Crippen molar-refractivity contribution in [2.24, 2.45) is 0 Å². The molecule has 3 rings (SSSR count). The van der Waals surface area contributed by atoms with Gasteiger partial charge in [-0.3, -0.25) is 4.98 Å². The lowest BCUT2D eigenvalue weighted by Crippen LogP contribution is -2.38. The molecular weight excluding hydrogens is 254 g/mol. The molecule has 0 unspecified atom stereocenters. The summed E-state index contributed by atoms with van der Waals surface area (Å²) in [6.07, 6.45) is 5.79. The van der Waals surface area contributed by atoms with Crippen LogP contribution in [0.4, 0.5) is 11.4 Å². The number of rotatable bonds is 1. The Balaban J connectivity index is 1.82. The Morgan fingerprint density at radius 1 is 1.21 bits per heavy atom. The van der Waals surface area contributed by atoms with Crippen molar-refractivity contribution < 1.29 is 0 Å². The van der Waals surface area contributed by atoms with Gasteiger partial charge in [-0.15, -0.1) is 0 Å². The number of pyridine rings is 1. The van der Waals surface area contributed by atoms with Gasteiger partial charge in [-0.2, -0.15) is 0 Å². The highest BCUT2D eigenvalue weighted by molar-refractivity contribution is 7.80. The largest absolute Gasteiger partial charge is 0.331 e. The summed E-state index contributed by atoms with van der Waals surface area (Å²) in [6.45, 7) is 0.961. The molecule has 0 atom stereocenters. The molecule has 0 radical (unpaired) electrons. The number of nitrogens with zero attached hydrogens (tertiary/aromatic N) is 2. The first-order chi connectivity index (χ1) is 9.34. The van der Waals surface area contributed by atoms with Crippen molar-refractivity contribution in [1.82, 2.24) is 4.98 Å². The number of anilines is 2. The summed E-state index contributed by atoms with van der Waals surface area (Å²) in [5, 5.41) is 3.98. The maximum atomic E-state index is 5.52. The molecule has 0 saturated heterocycles. The zero-order chi connectivity index (χ0) is 13.1. The Morgan fingerprint density at radius 3 is 2.95 bits per heavy atom. The van der Waals surface area contributed by atoms with Crippen LogP contribution in [0.3, 0.4) is 0 Å². The topological polar surface area (TPSA) is 28.2 Å². The van der Waals surface area contributed by atoms with Crippen molar-refractivity contribution in [3.63, 3.8) is 0 Å². The van der Waals surface area contributed by atoms with E-state index in [0.717, 1.165) is 30.2 Å². The van der Waals surface area contributed by atoms with Gasteiger partial charge in [0.15, 0.2) is 5.11 Å². The molecule has 0 saturated carbocycles. The number of hydrogen-bond donors (Lipinski definition) is 1. The van der Waals surface area contributed by atoms with Gasteiger partial charge in [0.05, 0.1) is 11.9 Å². The van der Waals surface area contributed by atoms with E-state index in [1.165, 1.54) is 11.3 Å². The van der Waals surface area contributed by atoms with E-state index in [0.29, 0.717) is 0 Å². The summed E-state index contributed by atoms with van der Waals surface area (Å²) in [7, 11) is 0. The second-order valence-electron chi connectivity index (χ2n) is 4.56. The van der Waals surface area contributed by atoms with Crippen LogP contribution in [-0.4, -0.2) is 16.6 Å². The predicted octanol–water partition coefficient (Wildman–Crippen LogP) is 3.23. The summed E-state index contributed by atoms with van der Waals surface area (Å²) in [5.74, 6) is 0. The Bertz CT molecular complexity index is 583. The lowest BCUT2D eigenvalue weighted by Gasteiger charge is -2.31. The van der Waals surface area contributed by atoms with E-state index in [1.807, 2.05) is 12.1 Å². The van der Waals surface area contributed by atoms with E-state index in [9.17, 15) is 0 Å². The number of para-hydroxylation sites is 1. The van der Waals surface area contributed by atoms with Crippen molar-refractivity contribution in [3.05, 3.63) is 54.4 Å². The first-order valence-corrected chi connectivity index (χ1v) is 6.82.